The largest absolute Gasteiger partial charge is 0.354 e. The van der Waals surface area contributed by atoms with Gasteiger partial charge in [0.05, 0.1) is 6.54 Å². The Kier molecular flexibility index (Phi) is 9.49. The summed E-state index contributed by atoms with van der Waals surface area (Å²) in [5, 5.41) is 2.91. The number of carbonyl (C=O) groups is 2. The molecule has 0 aromatic rings. The first-order valence-corrected chi connectivity index (χ1v) is 8.26. The lowest BCUT2D eigenvalue weighted by Crippen LogP contribution is -2.40. The van der Waals surface area contributed by atoms with Crippen LogP contribution < -0.4 is 5.32 Å². The van der Waals surface area contributed by atoms with Gasteiger partial charge in [-0.05, 0) is 19.1 Å². The lowest BCUT2D eigenvalue weighted by molar-refractivity contribution is -0.131. The fourth-order valence-corrected chi connectivity index (χ4v) is 2.38. The molecule has 0 unspecified atom stereocenters. The number of rotatable bonds is 9. The number of aliphatic imine (C=N–C) groups is 1. The van der Waals surface area contributed by atoms with Gasteiger partial charge in [-0.15, -0.1) is 0 Å². The van der Waals surface area contributed by atoms with Gasteiger partial charge in [0.25, 0.3) is 0 Å². The Morgan fingerprint density at radius 2 is 2.14 bits per heavy atom. The molecule has 1 rings (SSSR count). The Morgan fingerprint density at radius 3 is 2.95 bits per heavy atom. The summed E-state index contributed by atoms with van der Waals surface area (Å²) in [6.45, 7) is 4.64. The van der Waals surface area contributed by atoms with Gasteiger partial charge in [0, 0.05) is 32.5 Å². The van der Waals surface area contributed by atoms with Crippen molar-refractivity contribution in [1.82, 2.24) is 10.2 Å². The van der Waals surface area contributed by atoms with Crippen LogP contribution in [0.2, 0.25) is 0 Å². The van der Waals surface area contributed by atoms with E-state index in [1.54, 1.807) is 4.90 Å². The molecule has 0 bridgehead atoms. The highest BCUT2D eigenvalue weighted by Crippen LogP contribution is 2.04. The van der Waals surface area contributed by atoms with Crippen molar-refractivity contribution in [3.63, 3.8) is 0 Å². The molecule has 0 aromatic carbocycles. The molecule has 5 nitrogen and oxygen atoms in total. The molecular weight excluding hydrogens is 266 g/mol. The quantitative estimate of drug-likeness (QED) is 0.663. The maximum Gasteiger partial charge on any atom is 0.223 e. The van der Waals surface area contributed by atoms with Gasteiger partial charge in [-0.25, -0.2) is 0 Å². The van der Waals surface area contributed by atoms with Gasteiger partial charge < -0.3 is 10.2 Å². The monoisotopic (exact) mass is 295 g/mol. The zero-order chi connectivity index (χ0) is 15.3. The average Bonchev–Trinajstić information content (AvgIpc) is 2.46. The zero-order valence-electron chi connectivity index (χ0n) is 13.3. The molecule has 0 saturated heterocycles. The van der Waals surface area contributed by atoms with E-state index in [1.807, 2.05) is 6.21 Å². The van der Waals surface area contributed by atoms with Crippen LogP contribution in [0.4, 0.5) is 0 Å². The van der Waals surface area contributed by atoms with Crippen LogP contribution >= 0.6 is 0 Å². The van der Waals surface area contributed by atoms with E-state index in [1.165, 1.54) is 19.3 Å². The number of hydrogen-bond donors (Lipinski definition) is 1. The minimum absolute atomic E-state index is 0.101. The maximum atomic E-state index is 11.9. The number of nitrogens with one attached hydrogen (secondary N) is 1. The fraction of sp³-hybridized carbons (Fsp3) is 0.812. The van der Waals surface area contributed by atoms with Crippen molar-refractivity contribution < 1.29 is 9.59 Å². The molecule has 21 heavy (non-hydrogen) atoms. The summed E-state index contributed by atoms with van der Waals surface area (Å²) in [5.41, 5.74) is 0. The fourth-order valence-electron chi connectivity index (χ4n) is 2.38. The Labute approximate surface area is 128 Å². The number of amides is 2. The van der Waals surface area contributed by atoms with Gasteiger partial charge in [0.15, 0.2) is 0 Å². The Bertz CT molecular complexity index is 342. The summed E-state index contributed by atoms with van der Waals surface area (Å²) < 4.78 is 0. The Hall–Kier alpha value is -1.39. The van der Waals surface area contributed by atoms with E-state index < -0.39 is 0 Å². The second-order valence-electron chi connectivity index (χ2n) is 5.52. The molecule has 1 aliphatic rings. The molecule has 1 N–H and O–H groups in total. The standard InChI is InChI=1S/C16H29N3O2/c1-2-3-4-5-6-8-15(20)18-12-14-19-13-11-17-10-7-9-16(19)21/h10H,2-9,11-14H2,1H3,(H,18,20). The van der Waals surface area contributed by atoms with E-state index in [0.29, 0.717) is 39.0 Å². The van der Waals surface area contributed by atoms with Crippen molar-refractivity contribution in [2.24, 2.45) is 4.99 Å². The highest BCUT2D eigenvalue weighted by Gasteiger charge is 2.13. The first-order valence-electron chi connectivity index (χ1n) is 8.26. The summed E-state index contributed by atoms with van der Waals surface area (Å²) in [7, 11) is 0. The predicted octanol–water partition coefficient (Wildman–Crippen LogP) is 2.16. The summed E-state index contributed by atoms with van der Waals surface area (Å²) in [6, 6.07) is 0. The first-order chi connectivity index (χ1) is 10.2. The minimum atomic E-state index is 0.101. The molecule has 1 aliphatic heterocycles. The van der Waals surface area contributed by atoms with Gasteiger partial charge in [-0.2, -0.15) is 0 Å². The predicted molar refractivity (Wildman–Crippen MR) is 85.6 cm³/mol. The van der Waals surface area contributed by atoms with Crippen LogP contribution in [0.5, 0.6) is 0 Å². The van der Waals surface area contributed by atoms with Crippen LogP contribution in [0, 0.1) is 0 Å². The normalized spacial score (nSPS) is 15.7. The number of unbranched alkanes of at least 4 members (excludes halogenated alkanes) is 4. The summed E-state index contributed by atoms with van der Waals surface area (Å²) in [4.78, 5) is 29.6. The summed E-state index contributed by atoms with van der Waals surface area (Å²) in [6.07, 6.45) is 9.45. The van der Waals surface area contributed by atoms with Crippen LogP contribution in [0.25, 0.3) is 0 Å². The number of carbonyl (C=O) groups excluding carboxylic acids is 2. The van der Waals surface area contributed by atoms with Crippen LogP contribution in [-0.2, 0) is 9.59 Å². The van der Waals surface area contributed by atoms with Crippen LogP contribution in [0.3, 0.4) is 0 Å². The van der Waals surface area contributed by atoms with Crippen LogP contribution in [-0.4, -0.2) is 49.1 Å². The second-order valence-corrected chi connectivity index (χ2v) is 5.52. The van der Waals surface area contributed by atoms with Gasteiger partial charge in [0.2, 0.25) is 11.8 Å². The lowest BCUT2D eigenvalue weighted by atomic mass is 10.1. The van der Waals surface area contributed by atoms with E-state index in [9.17, 15) is 9.59 Å². The van der Waals surface area contributed by atoms with E-state index in [2.05, 4.69) is 17.2 Å². The molecule has 0 aliphatic carbocycles. The third-order valence-electron chi connectivity index (χ3n) is 3.68. The van der Waals surface area contributed by atoms with E-state index in [0.717, 1.165) is 19.3 Å². The molecular formula is C16H29N3O2. The van der Waals surface area contributed by atoms with Gasteiger partial charge >= 0.3 is 0 Å². The van der Waals surface area contributed by atoms with Crippen molar-refractivity contribution >= 4 is 18.0 Å². The molecule has 0 saturated carbocycles. The third kappa shape index (κ3) is 8.48. The minimum Gasteiger partial charge on any atom is -0.354 e. The van der Waals surface area contributed by atoms with Gasteiger partial charge in [0.1, 0.15) is 0 Å². The van der Waals surface area contributed by atoms with E-state index in [4.69, 9.17) is 0 Å². The van der Waals surface area contributed by atoms with E-state index >= 15 is 0 Å². The van der Waals surface area contributed by atoms with Crippen LogP contribution in [0.1, 0.15) is 58.3 Å². The molecule has 5 heteroatoms. The maximum absolute atomic E-state index is 11.9. The highest BCUT2D eigenvalue weighted by molar-refractivity contribution is 5.79. The molecule has 1 heterocycles. The van der Waals surface area contributed by atoms with Crippen molar-refractivity contribution in [1.29, 1.82) is 0 Å². The molecule has 0 atom stereocenters. The summed E-state index contributed by atoms with van der Waals surface area (Å²) >= 11 is 0. The molecule has 0 radical (unpaired) electrons. The second kappa shape index (κ2) is 11.3. The molecule has 120 valence electrons. The zero-order valence-corrected chi connectivity index (χ0v) is 13.3. The van der Waals surface area contributed by atoms with Gasteiger partial charge in [-0.3, -0.25) is 14.6 Å². The molecule has 0 fully saturated rings. The number of nitrogens with zero attached hydrogens (tertiary/aromatic N) is 2. The van der Waals surface area contributed by atoms with Crippen molar-refractivity contribution in [2.75, 3.05) is 26.2 Å². The third-order valence-corrected chi connectivity index (χ3v) is 3.68. The van der Waals surface area contributed by atoms with Crippen molar-refractivity contribution in [3.8, 4) is 0 Å². The first kappa shape index (κ1) is 17.7. The molecule has 0 aromatic heterocycles. The Morgan fingerprint density at radius 1 is 1.33 bits per heavy atom. The Balaban J connectivity index is 2.09. The summed E-state index contributed by atoms with van der Waals surface area (Å²) in [5.74, 6) is 0.263. The average molecular weight is 295 g/mol. The topological polar surface area (TPSA) is 61.8 Å². The van der Waals surface area contributed by atoms with Crippen molar-refractivity contribution in [2.45, 2.75) is 58.3 Å². The van der Waals surface area contributed by atoms with E-state index in [-0.39, 0.29) is 11.8 Å². The lowest BCUT2D eigenvalue weighted by Gasteiger charge is -2.23. The number of hydrogen-bond acceptors (Lipinski definition) is 3. The molecule has 2 amide bonds. The molecule has 0 spiro atoms. The highest BCUT2D eigenvalue weighted by atomic mass is 16.2. The van der Waals surface area contributed by atoms with Gasteiger partial charge in [-0.1, -0.05) is 32.6 Å². The van der Waals surface area contributed by atoms with Crippen molar-refractivity contribution in [3.05, 3.63) is 0 Å². The SMILES string of the molecule is CCCCCCCC(=O)NCCN1CCN=CCCC1=O. The van der Waals surface area contributed by atoms with Crippen LogP contribution in [0.15, 0.2) is 4.99 Å². The smallest absolute Gasteiger partial charge is 0.223 e.